The van der Waals surface area contributed by atoms with Gasteiger partial charge in [-0.05, 0) is 38.5 Å². The second-order valence-corrected chi connectivity index (χ2v) is 7.60. The maximum Gasteiger partial charge on any atom is 0.214 e. The number of fused-ring (bicyclic) bond motifs is 1. The van der Waals surface area contributed by atoms with Crippen LogP contribution in [0.15, 0.2) is 0 Å². The molecule has 0 aromatic rings. The van der Waals surface area contributed by atoms with Crippen LogP contribution in [0.5, 0.6) is 0 Å². The van der Waals surface area contributed by atoms with Crippen molar-refractivity contribution in [1.82, 2.24) is 4.31 Å². The molecule has 0 N–H and O–H groups in total. The van der Waals surface area contributed by atoms with Gasteiger partial charge in [0.1, 0.15) is 0 Å². The van der Waals surface area contributed by atoms with E-state index in [0.29, 0.717) is 18.8 Å². The zero-order valence-corrected chi connectivity index (χ0v) is 11.8. The zero-order chi connectivity index (χ0) is 13.2. The molecule has 1 saturated heterocycles. The molecule has 2 rings (SSSR count). The molecule has 0 unspecified atom stereocenters. The fourth-order valence-corrected chi connectivity index (χ4v) is 5.63. The third-order valence-electron chi connectivity index (χ3n) is 4.29. The van der Waals surface area contributed by atoms with Gasteiger partial charge in [-0.2, -0.15) is 9.57 Å². The molecule has 0 amide bonds. The lowest BCUT2D eigenvalue weighted by Gasteiger charge is -2.32. The molecule has 5 heteroatoms. The first-order chi connectivity index (χ1) is 8.56. The van der Waals surface area contributed by atoms with Crippen LogP contribution in [0.25, 0.3) is 0 Å². The summed E-state index contributed by atoms with van der Waals surface area (Å²) < 4.78 is 26.6. The van der Waals surface area contributed by atoms with E-state index in [2.05, 4.69) is 0 Å². The first-order valence-corrected chi connectivity index (χ1v) is 8.55. The van der Waals surface area contributed by atoms with Crippen LogP contribution >= 0.6 is 0 Å². The van der Waals surface area contributed by atoms with Gasteiger partial charge in [0.05, 0.1) is 11.8 Å². The quantitative estimate of drug-likeness (QED) is 0.736. The largest absolute Gasteiger partial charge is 0.214 e. The highest BCUT2D eigenvalue weighted by Gasteiger charge is 2.45. The van der Waals surface area contributed by atoms with Gasteiger partial charge in [0.15, 0.2) is 0 Å². The Kier molecular flexibility index (Phi) is 4.29. The van der Waals surface area contributed by atoms with Crippen molar-refractivity contribution in [3.8, 4) is 6.07 Å². The van der Waals surface area contributed by atoms with Gasteiger partial charge in [-0.25, -0.2) is 8.42 Å². The van der Waals surface area contributed by atoms with Crippen LogP contribution in [0, 0.1) is 17.2 Å². The molecule has 2 aliphatic rings. The summed E-state index contributed by atoms with van der Waals surface area (Å²) in [5, 5.41) is 8.51. The SMILES string of the molecule is C[C@@H]1C[C@@H]2CCCC[C@@H]2N1S(=O)(=O)CCCC#N. The van der Waals surface area contributed by atoms with E-state index in [1.54, 1.807) is 4.31 Å². The molecule has 0 aromatic carbocycles. The van der Waals surface area contributed by atoms with Gasteiger partial charge in [-0.1, -0.05) is 12.8 Å². The Labute approximate surface area is 110 Å². The van der Waals surface area contributed by atoms with E-state index in [0.717, 1.165) is 19.3 Å². The highest BCUT2D eigenvalue weighted by molar-refractivity contribution is 7.89. The molecule has 1 aliphatic heterocycles. The van der Waals surface area contributed by atoms with Crippen LogP contribution in [-0.2, 0) is 10.0 Å². The number of hydrogen-bond donors (Lipinski definition) is 0. The standard InChI is InChI=1S/C13H22N2O2S/c1-11-10-12-6-2-3-7-13(12)15(11)18(16,17)9-5-4-8-14/h11-13H,2-7,9-10H2,1H3/t11-,12+,13+/m1/s1. The molecule has 1 aliphatic carbocycles. The van der Waals surface area contributed by atoms with Crippen molar-refractivity contribution in [2.75, 3.05) is 5.75 Å². The molecule has 0 spiro atoms. The Bertz CT molecular complexity index is 427. The second kappa shape index (κ2) is 5.58. The summed E-state index contributed by atoms with van der Waals surface area (Å²) in [4.78, 5) is 0. The van der Waals surface area contributed by atoms with Crippen molar-refractivity contribution in [3.05, 3.63) is 0 Å². The second-order valence-electron chi connectivity index (χ2n) is 5.60. The zero-order valence-electron chi connectivity index (χ0n) is 11.0. The van der Waals surface area contributed by atoms with Crippen molar-refractivity contribution >= 4 is 10.0 Å². The molecular formula is C13H22N2O2S. The van der Waals surface area contributed by atoms with Crippen LogP contribution in [0.1, 0.15) is 51.9 Å². The summed E-state index contributed by atoms with van der Waals surface area (Å²) in [6, 6.07) is 2.40. The number of hydrogen-bond acceptors (Lipinski definition) is 3. The summed E-state index contributed by atoms with van der Waals surface area (Å²) in [6.45, 7) is 2.03. The average molecular weight is 270 g/mol. The van der Waals surface area contributed by atoms with E-state index in [1.165, 1.54) is 12.8 Å². The van der Waals surface area contributed by atoms with E-state index >= 15 is 0 Å². The summed E-state index contributed by atoms with van der Waals surface area (Å²) >= 11 is 0. The molecule has 18 heavy (non-hydrogen) atoms. The van der Waals surface area contributed by atoms with Crippen molar-refractivity contribution < 1.29 is 8.42 Å². The third-order valence-corrected chi connectivity index (χ3v) is 6.36. The minimum atomic E-state index is -3.17. The number of sulfonamides is 1. The number of nitriles is 1. The Hall–Kier alpha value is -0.600. The lowest BCUT2D eigenvalue weighted by Crippen LogP contribution is -2.43. The first-order valence-electron chi connectivity index (χ1n) is 6.94. The summed E-state index contributed by atoms with van der Waals surface area (Å²) in [5.74, 6) is 0.702. The Morgan fingerprint density at radius 2 is 2.06 bits per heavy atom. The van der Waals surface area contributed by atoms with Crippen molar-refractivity contribution in [3.63, 3.8) is 0 Å². The average Bonchev–Trinajstić information content (AvgIpc) is 2.65. The Morgan fingerprint density at radius 1 is 1.33 bits per heavy atom. The van der Waals surface area contributed by atoms with Crippen molar-refractivity contribution in [1.29, 1.82) is 5.26 Å². The molecular weight excluding hydrogens is 248 g/mol. The topological polar surface area (TPSA) is 61.2 Å². The molecule has 0 radical (unpaired) electrons. The molecule has 1 heterocycles. The molecule has 1 saturated carbocycles. The molecule has 4 nitrogen and oxygen atoms in total. The van der Waals surface area contributed by atoms with Crippen LogP contribution in [0.4, 0.5) is 0 Å². The lowest BCUT2D eigenvalue weighted by molar-refractivity contribution is 0.248. The fourth-order valence-electron chi connectivity index (χ4n) is 3.59. The number of unbranched alkanes of at least 4 members (excludes halogenated alkanes) is 1. The minimum absolute atomic E-state index is 0.133. The molecule has 3 atom stereocenters. The lowest BCUT2D eigenvalue weighted by atomic mass is 9.85. The van der Waals surface area contributed by atoms with Gasteiger partial charge in [-0.15, -0.1) is 0 Å². The van der Waals surface area contributed by atoms with Crippen LogP contribution in [-0.4, -0.2) is 30.6 Å². The van der Waals surface area contributed by atoms with E-state index < -0.39 is 10.0 Å². The van der Waals surface area contributed by atoms with Gasteiger partial charge in [0.25, 0.3) is 0 Å². The third kappa shape index (κ3) is 2.70. The van der Waals surface area contributed by atoms with Crippen LogP contribution in [0.3, 0.4) is 0 Å². The van der Waals surface area contributed by atoms with E-state index in [9.17, 15) is 8.42 Å². The molecule has 2 fully saturated rings. The van der Waals surface area contributed by atoms with Crippen LogP contribution in [0.2, 0.25) is 0 Å². The van der Waals surface area contributed by atoms with E-state index in [1.807, 2.05) is 13.0 Å². The summed E-state index contributed by atoms with van der Waals surface area (Å²) in [5.41, 5.74) is 0. The summed E-state index contributed by atoms with van der Waals surface area (Å²) in [7, 11) is -3.17. The fraction of sp³-hybridized carbons (Fsp3) is 0.923. The molecule has 102 valence electrons. The van der Waals surface area contributed by atoms with Crippen LogP contribution < -0.4 is 0 Å². The smallest absolute Gasteiger partial charge is 0.212 e. The Morgan fingerprint density at radius 3 is 2.78 bits per heavy atom. The maximum atomic E-state index is 12.4. The normalized spacial score (nSPS) is 33.0. The van der Waals surface area contributed by atoms with E-state index in [4.69, 9.17) is 5.26 Å². The van der Waals surface area contributed by atoms with Gasteiger partial charge in [0, 0.05) is 18.5 Å². The number of rotatable bonds is 4. The highest BCUT2D eigenvalue weighted by atomic mass is 32.2. The van der Waals surface area contributed by atoms with Gasteiger partial charge in [-0.3, -0.25) is 0 Å². The minimum Gasteiger partial charge on any atom is -0.212 e. The Balaban J connectivity index is 2.08. The van der Waals surface area contributed by atoms with Crippen molar-refractivity contribution in [2.45, 2.75) is 64.0 Å². The van der Waals surface area contributed by atoms with Gasteiger partial charge in [0.2, 0.25) is 10.0 Å². The van der Waals surface area contributed by atoms with Gasteiger partial charge >= 0.3 is 0 Å². The highest BCUT2D eigenvalue weighted by Crippen LogP contribution is 2.41. The van der Waals surface area contributed by atoms with E-state index in [-0.39, 0.29) is 17.8 Å². The summed E-state index contributed by atoms with van der Waals surface area (Å²) in [6.07, 6.45) is 6.40. The monoisotopic (exact) mass is 270 g/mol. The first kappa shape index (κ1) is 13.8. The predicted molar refractivity (Wildman–Crippen MR) is 70.3 cm³/mol. The predicted octanol–water partition coefficient (Wildman–Crippen LogP) is 2.27. The van der Waals surface area contributed by atoms with Gasteiger partial charge < -0.3 is 0 Å². The van der Waals surface area contributed by atoms with Crippen molar-refractivity contribution in [2.24, 2.45) is 5.92 Å². The maximum absolute atomic E-state index is 12.4. The number of nitrogens with zero attached hydrogens (tertiary/aromatic N) is 2. The molecule has 0 aromatic heterocycles. The molecule has 0 bridgehead atoms.